The van der Waals surface area contributed by atoms with Crippen molar-refractivity contribution in [1.29, 1.82) is 0 Å². The summed E-state index contributed by atoms with van der Waals surface area (Å²) in [5, 5.41) is 3.87. The summed E-state index contributed by atoms with van der Waals surface area (Å²) >= 11 is 0. The average molecular weight is 376 g/mol. The first kappa shape index (κ1) is 17.8. The molecule has 0 aliphatic rings. The van der Waals surface area contributed by atoms with Crippen LogP contribution in [0.25, 0.3) is 16.6 Å². The maximum Gasteiger partial charge on any atom is 0.270 e. The van der Waals surface area contributed by atoms with Crippen LogP contribution >= 0.6 is 0 Å². The highest BCUT2D eigenvalue weighted by atomic mass is 16.5. The smallest absolute Gasteiger partial charge is 0.270 e. The number of fused-ring (bicyclic) bond motifs is 2. The summed E-state index contributed by atoms with van der Waals surface area (Å²) in [6, 6.07) is 11.2. The standard InChI is InChI=1S/C21H20N4O3/c1-13-4-3-5-19-24-12-17(21(27)25(13)19)20(26)22-9-8-14-11-23-18-7-6-15(28-2)10-16(14)18/h3-7,10-12,23H,8-9H2,1-2H3,(H,22,26). The Morgan fingerprint density at radius 1 is 1.29 bits per heavy atom. The number of rotatable bonds is 5. The molecule has 0 unspecified atom stereocenters. The van der Waals surface area contributed by atoms with E-state index in [0.29, 0.717) is 18.6 Å². The van der Waals surface area contributed by atoms with Gasteiger partial charge in [-0.05, 0) is 49.2 Å². The maximum absolute atomic E-state index is 12.7. The second kappa shape index (κ2) is 7.19. The van der Waals surface area contributed by atoms with Crippen LogP contribution in [0, 0.1) is 6.92 Å². The van der Waals surface area contributed by atoms with Crippen molar-refractivity contribution in [2.45, 2.75) is 13.3 Å². The zero-order valence-corrected chi connectivity index (χ0v) is 15.7. The molecule has 0 spiro atoms. The first-order chi connectivity index (χ1) is 13.6. The van der Waals surface area contributed by atoms with Crippen LogP contribution in [-0.4, -0.2) is 33.9 Å². The van der Waals surface area contributed by atoms with Crippen LogP contribution in [0.3, 0.4) is 0 Å². The third kappa shape index (κ3) is 3.11. The fourth-order valence-corrected chi connectivity index (χ4v) is 3.33. The molecular formula is C21H20N4O3. The summed E-state index contributed by atoms with van der Waals surface area (Å²) in [5.41, 5.74) is 3.00. The Hall–Kier alpha value is -3.61. The van der Waals surface area contributed by atoms with Crippen LogP contribution in [0.15, 0.2) is 53.6 Å². The minimum Gasteiger partial charge on any atom is -0.497 e. The molecule has 3 heterocycles. The van der Waals surface area contributed by atoms with Crippen molar-refractivity contribution in [2.75, 3.05) is 13.7 Å². The van der Waals surface area contributed by atoms with E-state index in [1.807, 2.05) is 43.5 Å². The number of ether oxygens (including phenoxy) is 1. The molecule has 0 saturated carbocycles. The number of methoxy groups -OCH3 is 1. The molecule has 28 heavy (non-hydrogen) atoms. The molecule has 0 atom stereocenters. The monoisotopic (exact) mass is 376 g/mol. The van der Waals surface area contributed by atoms with E-state index in [0.717, 1.165) is 27.9 Å². The molecule has 7 nitrogen and oxygen atoms in total. The van der Waals surface area contributed by atoms with Gasteiger partial charge in [0, 0.05) is 35.5 Å². The lowest BCUT2D eigenvalue weighted by Crippen LogP contribution is -2.33. The van der Waals surface area contributed by atoms with E-state index in [2.05, 4.69) is 15.3 Å². The number of nitrogens with zero attached hydrogens (tertiary/aromatic N) is 2. The van der Waals surface area contributed by atoms with Crippen molar-refractivity contribution in [2.24, 2.45) is 0 Å². The van der Waals surface area contributed by atoms with Gasteiger partial charge in [0.15, 0.2) is 0 Å². The number of benzene rings is 1. The largest absolute Gasteiger partial charge is 0.497 e. The predicted molar refractivity (Wildman–Crippen MR) is 107 cm³/mol. The highest BCUT2D eigenvalue weighted by Gasteiger charge is 2.14. The van der Waals surface area contributed by atoms with Crippen LogP contribution in [-0.2, 0) is 6.42 Å². The van der Waals surface area contributed by atoms with Crippen molar-refractivity contribution in [3.8, 4) is 5.75 Å². The number of nitrogens with one attached hydrogen (secondary N) is 2. The minimum absolute atomic E-state index is 0.0346. The molecule has 7 heteroatoms. The van der Waals surface area contributed by atoms with Gasteiger partial charge in [-0.3, -0.25) is 14.0 Å². The van der Waals surface area contributed by atoms with Gasteiger partial charge in [-0.2, -0.15) is 0 Å². The van der Waals surface area contributed by atoms with Crippen molar-refractivity contribution >= 4 is 22.5 Å². The van der Waals surface area contributed by atoms with E-state index in [4.69, 9.17) is 4.74 Å². The molecule has 2 N–H and O–H groups in total. The van der Waals surface area contributed by atoms with Gasteiger partial charge in [0.05, 0.1) is 7.11 Å². The summed E-state index contributed by atoms with van der Waals surface area (Å²) < 4.78 is 6.72. The van der Waals surface area contributed by atoms with Crippen LogP contribution in [0.1, 0.15) is 21.6 Å². The Morgan fingerprint density at radius 2 is 2.14 bits per heavy atom. The van der Waals surface area contributed by atoms with Crippen LogP contribution in [0.4, 0.5) is 0 Å². The molecule has 1 aromatic carbocycles. The molecule has 0 aliphatic heterocycles. The Balaban J connectivity index is 1.51. The molecule has 3 aromatic heterocycles. The molecule has 0 saturated heterocycles. The highest BCUT2D eigenvalue weighted by molar-refractivity contribution is 5.93. The SMILES string of the molecule is COc1ccc2[nH]cc(CCNC(=O)c3cnc4cccc(C)n4c3=O)c2c1. The third-order valence-corrected chi connectivity index (χ3v) is 4.82. The number of H-pyrrole nitrogens is 1. The van der Waals surface area contributed by atoms with Gasteiger partial charge in [0.25, 0.3) is 11.5 Å². The quantitative estimate of drug-likeness (QED) is 0.560. The van der Waals surface area contributed by atoms with Gasteiger partial charge < -0.3 is 15.0 Å². The predicted octanol–water partition coefficient (Wildman–Crippen LogP) is 2.47. The van der Waals surface area contributed by atoms with E-state index >= 15 is 0 Å². The second-order valence-corrected chi connectivity index (χ2v) is 6.57. The maximum atomic E-state index is 12.7. The summed E-state index contributed by atoms with van der Waals surface area (Å²) in [6.45, 7) is 2.21. The van der Waals surface area contributed by atoms with Gasteiger partial charge in [-0.1, -0.05) is 6.07 Å². The lowest BCUT2D eigenvalue weighted by Gasteiger charge is -2.08. The lowest BCUT2D eigenvalue weighted by molar-refractivity contribution is 0.0952. The molecule has 142 valence electrons. The van der Waals surface area contributed by atoms with Gasteiger partial charge >= 0.3 is 0 Å². The Kier molecular flexibility index (Phi) is 4.57. The molecule has 1 amide bonds. The zero-order valence-electron chi connectivity index (χ0n) is 15.7. The molecule has 0 aliphatic carbocycles. The van der Waals surface area contributed by atoms with Gasteiger partial charge in [0.1, 0.15) is 17.0 Å². The zero-order chi connectivity index (χ0) is 19.7. The van der Waals surface area contributed by atoms with E-state index in [1.54, 1.807) is 13.2 Å². The number of carbonyl (C=O) groups is 1. The summed E-state index contributed by atoms with van der Waals surface area (Å²) in [7, 11) is 1.63. The van der Waals surface area contributed by atoms with E-state index in [9.17, 15) is 9.59 Å². The van der Waals surface area contributed by atoms with E-state index in [1.165, 1.54) is 10.6 Å². The first-order valence-corrected chi connectivity index (χ1v) is 8.98. The molecule has 4 aromatic rings. The summed E-state index contributed by atoms with van der Waals surface area (Å²) in [5.74, 6) is 0.357. The third-order valence-electron chi connectivity index (χ3n) is 4.82. The van der Waals surface area contributed by atoms with Gasteiger partial charge in [-0.15, -0.1) is 0 Å². The first-order valence-electron chi connectivity index (χ1n) is 8.98. The van der Waals surface area contributed by atoms with E-state index < -0.39 is 5.91 Å². The Bertz CT molecular complexity index is 1240. The number of amides is 1. The molecule has 0 fully saturated rings. The molecule has 4 rings (SSSR count). The number of aromatic nitrogens is 3. The van der Waals surface area contributed by atoms with Crippen molar-refractivity contribution in [1.82, 2.24) is 19.7 Å². The number of aryl methyl sites for hydroxylation is 1. The molecule has 0 radical (unpaired) electrons. The van der Waals surface area contributed by atoms with E-state index in [-0.39, 0.29) is 11.1 Å². The Morgan fingerprint density at radius 3 is 2.96 bits per heavy atom. The highest BCUT2D eigenvalue weighted by Crippen LogP contribution is 2.23. The van der Waals surface area contributed by atoms with Crippen molar-refractivity contribution in [3.63, 3.8) is 0 Å². The topological polar surface area (TPSA) is 88.5 Å². The fourth-order valence-electron chi connectivity index (χ4n) is 3.33. The van der Waals surface area contributed by atoms with Gasteiger partial charge in [0.2, 0.25) is 0 Å². The average Bonchev–Trinajstić information content (AvgIpc) is 3.10. The van der Waals surface area contributed by atoms with Crippen LogP contribution < -0.4 is 15.6 Å². The molecular weight excluding hydrogens is 356 g/mol. The molecule has 0 bridgehead atoms. The number of carbonyl (C=O) groups excluding carboxylic acids is 1. The fraction of sp³-hybridized carbons (Fsp3) is 0.190. The number of hydrogen-bond donors (Lipinski definition) is 2. The van der Waals surface area contributed by atoms with Crippen molar-refractivity contribution < 1.29 is 9.53 Å². The number of pyridine rings is 1. The second-order valence-electron chi connectivity index (χ2n) is 6.57. The van der Waals surface area contributed by atoms with Crippen LogP contribution in [0.2, 0.25) is 0 Å². The summed E-state index contributed by atoms with van der Waals surface area (Å²) in [4.78, 5) is 32.6. The van der Waals surface area contributed by atoms with Crippen LogP contribution in [0.5, 0.6) is 5.75 Å². The van der Waals surface area contributed by atoms with Gasteiger partial charge in [-0.25, -0.2) is 4.98 Å². The number of aromatic amines is 1. The number of hydrogen-bond acceptors (Lipinski definition) is 4. The normalized spacial score (nSPS) is 11.1. The summed E-state index contributed by atoms with van der Waals surface area (Å²) in [6.07, 6.45) is 3.88. The Labute approximate surface area is 161 Å². The van der Waals surface area contributed by atoms with Crippen molar-refractivity contribution in [3.05, 3.63) is 76.0 Å². The lowest BCUT2D eigenvalue weighted by atomic mass is 10.1. The minimum atomic E-state index is -0.424.